The molecule has 0 saturated carbocycles. The van der Waals surface area contributed by atoms with Crippen LogP contribution in [0.4, 0.5) is 17.6 Å². The Hall–Kier alpha value is -2.78. The number of methoxy groups -OCH3 is 1. The monoisotopic (exact) mass is 387 g/mol. The molecule has 1 aromatic heterocycles. The van der Waals surface area contributed by atoms with Crippen LogP contribution in [0.2, 0.25) is 0 Å². The number of aryl methyl sites for hydroxylation is 1. The number of hydrogen-bond acceptors (Lipinski definition) is 3. The molecule has 1 unspecified atom stereocenters. The average molecular weight is 387 g/mol. The number of rotatable bonds is 5. The molecule has 148 valence electrons. The van der Waals surface area contributed by atoms with E-state index < -0.39 is 17.7 Å². The third-order valence-electron chi connectivity index (χ3n) is 3.87. The van der Waals surface area contributed by atoms with E-state index in [9.17, 15) is 17.6 Å². The molecule has 2 aromatic rings. The van der Waals surface area contributed by atoms with Gasteiger partial charge in [-0.05, 0) is 24.6 Å². The van der Waals surface area contributed by atoms with Gasteiger partial charge in [0.15, 0.2) is 23.2 Å². The molecule has 0 aliphatic carbocycles. The fraction of sp³-hybridized carbons (Fsp3) is 0.412. The minimum absolute atomic E-state index is 0.00362. The smallest absolute Gasteiger partial charge is 0.435 e. The molecular formula is C17H21F4N5O. The molecule has 0 radical (unpaired) electrons. The van der Waals surface area contributed by atoms with Gasteiger partial charge in [-0.25, -0.2) is 4.39 Å². The number of ether oxygens (including phenoxy) is 1. The molecule has 10 heteroatoms. The maximum atomic E-state index is 13.8. The van der Waals surface area contributed by atoms with Gasteiger partial charge in [-0.1, -0.05) is 6.07 Å². The van der Waals surface area contributed by atoms with Crippen LogP contribution in [0.1, 0.15) is 29.8 Å². The highest BCUT2D eigenvalue weighted by atomic mass is 19.4. The number of nitrogens with zero attached hydrogens (tertiary/aromatic N) is 3. The Morgan fingerprint density at radius 3 is 2.63 bits per heavy atom. The van der Waals surface area contributed by atoms with Crippen LogP contribution in [0.25, 0.3) is 0 Å². The Bertz CT molecular complexity index is 816. The molecule has 1 atom stereocenters. The summed E-state index contributed by atoms with van der Waals surface area (Å²) < 4.78 is 58.8. The summed E-state index contributed by atoms with van der Waals surface area (Å²) in [5.41, 5.74) is -0.317. The van der Waals surface area contributed by atoms with Gasteiger partial charge in [0.05, 0.1) is 13.2 Å². The summed E-state index contributed by atoms with van der Waals surface area (Å²) in [5, 5.41) is 9.28. The predicted molar refractivity (Wildman–Crippen MR) is 92.9 cm³/mol. The number of hydrogen-bond donors (Lipinski definition) is 2. The number of benzene rings is 1. The van der Waals surface area contributed by atoms with E-state index in [1.807, 2.05) is 0 Å². The first kappa shape index (κ1) is 20.5. The van der Waals surface area contributed by atoms with E-state index in [0.717, 1.165) is 4.68 Å². The van der Waals surface area contributed by atoms with E-state index in [1.54, 1.807) is 13.0 Å². The van der Waals surface area contributed by atoms with Crippen molar-refractivity contribution in [1.82, 2.24) is 20.4 Å². The van der Waals surface area contributed by atoms with Gasteiger partial charge in [0.25, 0.3) is 0 Å². The molecule has 2 N–H and O–H groups in total. The van der Waals surface area contributed by atoms with Crippen molar-refractivity contribution in [1.29, 1.82) is 0 Å². The van der Waals surface area contributed by atoms with Gasteiger partial charge in [-0.15, -0.1) is 0 Å². The van der Waals surface area contributed by atoms with Gasteiger partial charge in [0, 0.05) is 32.4 Å². The highest BCUT2D eigenvalue weighted by Gasteiger charge is 2.36. The summed E-state index contributed by atoms with van der Waals surface area (Å²) in [7, 11) is 4.29. The van der Waals surface area contributed by atoms with Crippen molar-refractivity contribution in [3.8, 4) is 5.75 Å². The van der Waals surface area contributed by atoms with Crippen molar-refractivity contribution in [2.24, 2.45) is 12.0 Å². The fourth-order valence-corrected chi connectivity index (χ4v) is 2.52. The number of aliphatic imine (C=N–C) groups is 1. The van der Waals surface area contributed by atoms with Gasteiger partial charge in [-0.3, -0.25) is 9.67 Å². The number of nitrogens with one attached hydrogen (secondary N) is 2. The third-order valence-corrected chi connectivity index (χ3v) is 3.87. The minimum Gasteiger partial charge on any atom is -0.494 e. The van der Waals surface area contributed by atoms with E-state index in [0.29, 0.717) is 5.56 Å². The van der Waals surface area contributed by atoms with E-state index in [1.165, 1.54) is 39.5 Å². The normalized spacial score (nSPS) is 13.4. The largest absolute Gasteiger partial charge is 0.494 e. The first-order chi connectivity index (χ1) is 12.7. The van der Waals surface area contributed by atoms with E-state index in [4.69, 9.17) is 4.74 Å². The quantitative estimate of drug-likeness (QED) is 0.470. The highest BCUT2D eigenvalue weighted by Crippen LogP contribution is 2.30. The Kier molecular flexibility index (Phi) is 6.29. The lowest BCUT2D eigenvalue weighted by molar-refractivity contribution is -0.142. The first-order valence-corrected chi connectivity index (χ1v) is 8.06. The van der Waals surface area contributed by atoms with Crippen molar-refractivity contribution in [2.75, 3.05) is 14.2 Å². The van der Waals surface area contributed by atoms with Gasteiger partial charge in [0.1, 0.15) is 0 Å². The second-order valence-corrected chi connectivity index (χ2v) is 5.86. The van der Waals surface area contributed by atoms with Crippen LogP contribution in [-0.2, 0) is 19.8 Å². The molecule has 6 nitrogen and oxygen atoms in total. The number of alkyl halides is 3. The van der Waals surface area contributed by atoms with Gasteiger partial charge < -0.3 is 15.4 Å². The lowest BCUT2D eigenvalue weighted by atomic mass is 10.1. The van der Waals surface area contributed by atoms with Crippen LogP contribution >= 0.6 is 0 Å². The van der Waals surface area contributed by atoms with Crippen molar-refractivity contribution >= 4 is 5.96 Å². The standard InChI is InChI=1S/C17H21F4N5O/c1-10(11-5-6-14(27-4)13(18)7-11)24-16(22-2)23-8-12-9-26(3)25-15(12)17(19,20)21/h5-7,9-10H,8H2,1-4H3,(H2,22,23,24). The summed E-state index contributed by atoms with van der Waals surface area (Å²) in [6.45, 7) is 1.66. The summed E-state index contributed by atoms with van der Waals surface area (Å²) in [6.07, 6.45) is -3.24. The Labute approximate surface area is 154 Å². The van der Waals surface area contributed by atoms with Gasteiger partial charge in [0.2, 0.25) is 0 Å². The SMILES string of the molecule is CN=C(NCc1cn(C)nc1C(F)(F)F)NC(C)c1ccc(OC)c(F)c1. The topological polar surface area (TPSA) is 63.5 Å². The Balaban J connectivity index is 2.05. The molecule has 0 saturated heterocycles. The van der Waals surface area contributed by atoms with Crippen LogP contribution in [-0.4, -0.2) is 29.9 Å². The molecule has 27 heavy (non-hydrogen) atoms. The second-order valence-electron chi connectivity index (χ2n) is 5.86. The number of guanidine groups is 1. The minimum atomic E-state index is -4.54. The molecule has 0 amide bonds. The van der Waals surface area contributed by atoms with E-state index in [2.05, 4.69) is 20.7 Å². The number of aromatic nitrogens is 2. The van der Waals surface area contributed by atoms with E-state index in [-0.39, 0.29) is 29.9 Å². The van der Waals surface area contributed by atoms with E-state index >= 15 is 0 Å². The zero-order valence-corrected chi connectivity index (χ0v) is 15.4. The van der Waals surface area contributed by atoms with Crippen LogP contribution in [0.3, 0.4) is 0 Å². The second kappa shape index (κ2) is 8.28. The van der Waals surface area contributed by atoms with Crippen LogP contribution in [0, 0.1) is 5.82 Å². The van der Waals surface area contributed by atoms with Crippen molar-refractivity contribution in [3.05, 3.63) is 47.0 Å². The van der Waals surface area contributed by atoms with Crippen LogP contribution in [0.15, 0.2) is 29.4 Å². The molecule has 1 aromatic carbocycles. The van der Waals surface area contributed by atoms with Crippen LogP contribution < -0.4 is 15.4 Å². The zero-order chi connectivity index (χ0) is 20.2. The zero-order valence-electron chi connectivity index (χ0n) is 15.4. The predicted octanol–water partition coefficient (Wildman–Crippen LogP) is 3.01. The fourth-order valence-electron chi connectivity index (χ4n) is 2.52. The van der Waals surface area contributed by atoms with Crippen molar-refractivity contribution < 1.29 is 22.3 Å². The van der Waals surface area contributed by atoms with Crippen molar-refractivity contribution in [3.63, 3.8) is 0 Å². The average Bonchev–Trinajstić information content (AvgIpc) is 2.99. The summed E-state index contributed by atoms with van der Waals surface area (Å²) in [4.78, 5) is 3.99. The van der Waals surface area contributed by atoms with Crippen molar-refractivity contribution in [2.45, 2.75) is 25.7 Å². The lowest BCUT2D eigenvalue weighted by Crippen LogP contribution is -2.38. The lowest BCUT2D eigenvalue weighted by Gasteiger charge is -2.19. The molecule has 0 bridgehead atoms. The molecular weight excluding hydrogens is 366 g/mol. The summed E-state index contributed by atoms with van der Waals surface area (Å²) in [5.74, 6) is -0.0998. The molecule has 0 fully saturated rings. The maximum absolute atomic E-state index is 13.8. The molecule has 0 aliphatic heterocycles. The molecule has 0 aliphatic rings. The Morgan fingerprint density at radius 2 is 2.07 bits per heavy atom. The first-order valence-electron chi connectivity index (χ1n) is 8.06. The van der Waals surface area contributed by atoms with Crippen LogP contribution in [0.5, 0.6) is 5.75 Å². The summed E-state index contributed by atoms with van der Waals surface area (Å²) >= 11 is 0. The van der Waals surface area contributed by atoms with Gasteiger partial charge >= 0.3 is 6.18 Å². The molecule has 2 rings (SSSR count). The molecule has 0 spiro atoms. The maximum Gasteiger partial charge on any atom is 0.435 e. The third kappa shape index (κ3) is 5.11. The number of halogens is 4. The summed E-state index contributed by atoms with van der Waals surface area (Å²) in [6, 6.07) is 4.18. The Morgan fingerprint density at radius 1 is 1.37 bits per heavy atom. The highest BCUT2D eigenvalue weighted by molar-refractivity contribution is 5.80. The van der Waals surface area contributed by atoms with Gasteiger partial charge in [-0.2, -0.15) is 18.3 Å². The molecule has 1 heterocycles.